The van der Waals surface area contributed by atoms with E-state index in [2.05, 4.69) is 0 Å². The lowest BCUT2D eigenvalue weighted by molar-refractivity contribution is -0.139. The van der Waals surface area contributed by atoms with Crippen LogP contribution in [-0.4, -0.2) is 55.8 Å². The molecule has 0 N–H and O–H groups in total. The highest BCUT2D eigenvalue weighted by atomic mass is 32.2. The van der Waals surface area contributed by atoms with Crippen molar-refractivity contribution in [1.29, 1.82) is 0 Å². The summed E-state index contributed by atoms with van der Waals surface area (Å²) in [6.45, 7) is 2.35. The molecule has 2 aromatic rings. The van der Waals surface area contributed by atoms with Gasteiger partial charge in [-0.1, -0.05) is 30.3 Å². The molecule has 3 rings (SSSR count). The minimum atomic E-state index is -3.92. The van der Waals surface area contributed by atoms with Gasteiger partial charge in [-0.25, -0.2) is 12.8 Å². The lowest BCUT2D eigenvalue weighted by Crippen LogP contribution is -2.53. The third kappa shape index (κ3) is 4.28. The van der Waals surface area contributed by atoms with Crippen molar-refractivity contribution in [1.82, 2.24) is 9.21 Å². The van der Waals surface area contributed by atoms with Crippen molar-refractivity contribution in [2.45, 2.75) is 17.9 Å². The first-order valence-corrected chi connectivity index (χ1v) is 10.1. The van der Waals surface area contributed by atoms with Crippen LogP contribution in [0.1, 0.15) is 6.92 Å². The Labute approximate surface area is 158 Å². The number of carbonyl (C=O) groups excluding carboxylic acids is 1. The van der Waals surface area contributed by atoms with Crippen molar-refractivity contribution in [2.24, 2.45) is 0 Å². The topological polar surface area (TPSA) is 66.9 Å². The molecule has 1 atom stereocenters. The molecule has 0 radical (unpaired) electrons. The summed E-state index contributed by atoms with van der Waals surface area (Å²) < 4.78 is 45.9. The number of halogens is 1. The van der Waals surface area contributed by atoms with E-state index in [4.69, 9.17) is 4.74 Å². The molecule has 1 amide bonds. The van der Waals surface area contributed by atoms with Gasteiger partial charge in [0.1, 0.15) is 16.5 Å². The van der Waals surface area contributed by atoms with Crippen LogP contribution in [0.15, 0.2) is 59.5 Å². The number of hydrogen-bond acceptors (Lipinski definition) is 4. The number of nitrogens with zero attached hydrogens (tertiary/aromatic N) is 2. The molecule has 1 heterocycles. The van der Waals surface area contributed by atoms with E-state index in [9.17, 15) is 17.6 Å². The Morgan fingerprint density at radius 1 is 1.00 bits per heavy atom. The van der Waals surface area contributed by atoms with Crippen molar-refractivity contribution < 1.29 is 22.3 Å². The predicted molar refractivity (Wildman–Crippen MR) is 98.3 cm³/mol. The van der Waals surface area contributed by atoms with Gasteiger partial charge in [0.15, 0.2) is 6.10 Å². The fourth-order valence-corrected chi connectivity index (χ4v) is 4.44. The molecule has 0 spiro atoms. The monoisotopic (exact) mass is 392 g/mol. The van der Waals surface area contributed by atoms with Gasteiger partial charge in [-0.15, -0.1) is 0 Å². The Kier molecular flexibility index (Phi) is 5.76. The van der Waals surface area contributed by atoms with Crippen LogP contribution in [0.25, 0.3) is 0 Å². The van der Waals surface area contributed by atoms with E-state index in [1.807, 2.05) is 18.2 Å². The Morgan fingerprint density at radius 3 is 2.22 bits per heavy atom. The minimum absolute atomic E-state index is 0.112. The summed E-state index contributed by atoms with van der Waals surface area (Å²) in [5, 5.41) is 0. The van der Waals surface area contributed by atoms with Crippen molar-refractivity contribution in [2.75, 3.05) is 26.2 Å². The first-order valence-electron chi connectivity index (χ1n) is 8.65. The fourth-order valence-electron chi connectivity index (χ4n) is 2.95. The first-order chi connectivity index (χ1) is 12.9. The lowest BCUT2D eigenvalue weighted by atomic mass is 10.3. The van der Waals surface area contributed by atoms with Crippen LogP contribution < -0.4 is 4.74 Å². The molecule has 1 saturated heterocycles. The van der Waals surface area contributed by atoms with Crippen molar-refractivity contribution in [3.63, 3.8) is 0 Å². The zero-order valence-electron chi connectivity index (χ0n) is 14.9. The van der Waals surface area contributed by atoms with E-state index >= 15 is 0 Å². The van der Waals surface area contributed by atoms with Crippen LogP contribution in [-0.2, 0) is 14.8 Å². The molecule has 144 valence electrons. The van der Waals surface area contributed by atoms with Crippen LogP contribution in [0.4, 0.5) is 4.39 Å². The highest BCUT2D eigenvalue weighted by molar-refractivity contribution is 7.89. The van der Waals surface area contributed by atoms with E-state index < -0.39 is 21.9 Å². The molecular formula is C19H21FN2O4S. The Hall–Kier alpha value is -2.45. The Morgan fingerprint density at radius 2 is 1.59 bits per heavy atom. The molecule has 0 unspecified atom stereocenters. The van der Waals surface area contributed by atoms with Gasteiger partial charge in [0.2, 0.25) is 10.0 Å². The summed E-state index contributed by atoms with van der Waals surface area (Å²) in [5.74, 6) is -0.387. The van der Waals surface area contributed by atoms with Crippen molar-refractivity contribution in [3.05, 3.63) is 60.4 Å². The Balaban J connectivity index is 1.61. The second-order valence-electron chi connectivity index (χ2n) is 6.23. The summed E-state index contributed by atoms with van der Waals surface area (Å²) in [6, 6.07) is 14.3. The number of sulfonamides is 1. The second-order valence-corrected chi connectivity index (χ2v) is 8.14. The quantitative estimate of drug-likeness (QED) is 0.782. The maximum Gasteiger partial charge on any atom is 0.263 e. The largest absolute Gasteiger partial charge is 0.481 e. The number of para-hydroxylation sites is 1. The average molecular weight is 392 g/mol. The second kappa shape index (κ2) is 8.06. The maximum absolute atomic E-state index is 13.9. The van der Waals surface area contributed by atoms with Gasteiger partial charge >= 0.3 is 0 Å². The normalized spacial score (nSPS) is 16.7. The molecule has 1 fully saturated rings. The van der Waals surface area contributed by atoms with Crippen LogP contribution in [0.3, 0.4) is 0 Å². The van der Waals surface area contributed by atoms with Gasteiger partial charge in [0.25, 0.3) is 5.91 Å². The zero-order chi connectivity index (χ0) is 19.4. The molecule has 27 heavy (non-hydrogen) atoms. The Bertz CT molecular complexity index is 897. The van der Waals surface area contributed by atoms with Crippen LogP contribution in [0.2, 0.25) is 0 Å². The molecule has 6 nitrogen and oxygen atoms in total. The highest BCUT2D eigenvalue weighted by Crippen LogP contribution is 2.21. The van der Waals surface area contributed by atoms with E-state index in [1.165, 1.54) is 22.5 Å². The molecule has 1 aliphatic heterocycles. The number of rotatable bonds is 5. The number of carbonyl (C=O) groups is 1. The van der Waals surface area contributed by atoms with Gasteiger partial charge in [0.05, 0.1) is 0 Å². The average Bonchev–Trinajstić information content (AvgIpc) is 2.68. The molecule has 0 aromatic heterocycles. The summed E-state index contributed by atoms with van der Waals surface area (Å²) >= 11 is 0. The van der Waals surface area contributed by atoms with Crippen LogP contribution in [0.5, 0.6) is 5.75 Å². The SMILES string of the molecule is C[C@H](Oc1ccccc1)C(=O)N1CCN(S(=O)(=O)c2ccccc2F)CC1. The van der Waals surface area contributed by atoms with Crippen molar-refractivity contribution in [3.8, 4) is 5.75 Å². The van der Waals surface area contributed by atoms with E-state index in [0.29, 0.717) is 5.75 Å². The summed E-state index contributed by atoms with van der Waals surface area (Å²) in [5.41, 5.74) is 0. The molecule has 2 aromatic carbocycles. The van der Waals surface area contributed by atoms with E-state index in [0.717, 1.165) is 6.07 Å². The lowest BCUT2D eigenvalue weighted by Gasteiger charge is -2.35. The fraction of sp³-hybridized carbons (Fsp3) is 0.316. The van der Waals surface area contributed by atoms with Crippen LogP contribution in [0, 0.1) is 5.82 Å². The molecular weight excluding hydrogens is 371 g/mol. The van der Waals surface area contributed by atoms with Crippen LogP contribution >= 0.6 is 0 Å². The van der Waals surface area contributed by atoms with Crippen molar-refractivity contribution >= 4 is 15.9 Å². The van der Waals surface area contributed by atoms with Gasteiger partial charge < -0.3 is 9.64 Å². The zero-order valence-corrected chi connectivity index (χ0v) is 15.7. The molecule has 8 heteroatoms. The van der Waals surface area contributed by atoms with Gasteiger partial charge in [-0.2, -0.15) is 4.31 Å². The highest BCUT2D eigenvalue weighted by Gasteiger charge is 2.33. The van der Waals surface area contributed by atoms with Gasteiger partial charge in [-0.05, 0) is 31.2 Å². The number of hydrogen-bond donors (Lipinski definition) is 0. The number of ether oxygens (including phenoxy) is 1. The van der Waals surface area contributed by atoms with Gasteiger partial charge in [-0.3, -0.25) is 4.79 Å². The van der Waals surface area contributed by atoms with E-state index in [-0.39, 0.29) is 37.0 Å². The third-order valence-corrected chi connectivity index (χ3v) is 6.34. The first kappa shape index (κ1) is 19.3. The number of amides is 1. The molecule has 0 aliphatic carbocycles. The number of benzene rings is 2. The third-order valence-electron chi connectivity index (χ3n) is 4.41. The smallest absolute Gasteiger partial charge is 0.263 e. The molecule has 0 saturated carbocycles. The predicted octanol–water partition coefficient (Wildman–Crippen LogP) is 2.13. The maximum atomic E-state index is 13.9. The summed E-state index contributed by atoms with van der Waals surface area (Å²) in [7, 11) is -3.92. The molecule has 0 bridgehead atoms. The standard InChI is InChI=1S/C19H21FN2O4S/c1-15(26-16-7-3-2-4-8-16)19(23)21-11-13-22(14-12-21)27(24,25)18-10-6-5-9-17(18)20/h2-10,15H,11-14H2,1H3/t15-/m0/s1. The number of piperazine rings is 1. The van der Waals surface area contributed by atoms with E-state index in [1.54, 1.807) is 24.0 Å². The minimum Gasteiger partial charge on any atom is -0.481 e. The van der Waals surface area contributed by atoms with Gasteiger partial charge in [0, 0.05) is 26.2 Å². The molecule has 1 aliphatic rings. The summed E-state index contributed by atoms with van der Waals surface area (Å²) in [6.07, 6.45) is -0.679. The summed E-state index contributed by atoms with van der Waals surface area (Å²) in [4.78, 5) is 13.8.